The summed E-state index contributed by atoms with van der Waals surface area (Å²) in [5, 5.41) is 2.80. The lowest BCUT2D eigenvalue weighted by Crippen LogP contribution is -2.55. The molecule has 1 fully saturated rings. The third-order valence-corrected chi connectivity index (χ3v) is 3.67. The molecule has 1 N–H and O–H groups in total. The van der Waals surface area contributed by atoms with E-state index in [1.807, 2.05) is 29.2 Å². The maximum Gasteiger partial charge on any atom is 0.307 e. The summed E-state index contributed by atoms with van der Waals surface area (Å²) in [6.45, 7) is 3.90. The Morgan fingerprint density at radius 2 is 2.18 bits per heavy atom. The van der Waals surface area contributed by atoms with Crippen LogP contribution in [0.4, 0.5) is 0 Å². The monoisotopic (exact) mass is 306 g/mol. The van der Waals surface area contributed by atoms with E-state index in [4.69, 9.17) is 9.47 Å². The van der Waals surface area contributed by atoms with Crippen LogP contribution < -0.4 is 10.1 Å². The van der Waals surface area contributed by atoms with Crippen molar-refractivity contribution in [2.45, 2.75) is 25.9 Å². The molecule has 6 nitrogen and oxygen atoms in total. The Balaban J connectivity index is 2.11. The van der Waals surface area contributed by atoms with Gasteiger partial charge in [0.2, 0.25) is 5.91 Å². The zero-order valence-electron chi connectivity index (χ0n) is 13.0. The van der Waals surface area contributed by atoms with Crippen molar-refractivity contribution in [3.63, 3.8) is 0 Å². The molecule has 1 unspecified atom stereocenters. The van der Waals surface area contributed by atoms with Crippen molar-refractivity contribution in [3.05, 3.63) is 29.8 Å². The number of methoxy groups -OCH3 is 1. The average Bonchev–Trinajstić information content (AvgIpc) is 2.51. The van der Waals surface area contributed by atoms with Crippen molar-refractivity contribution < 1.29 is 19.1 Å². The molecule has 0 bridgehead atoms. The van der Waals surface area contributed by atoms with Crippen LogP contribution in [0.2, 0.25) is 0 Å². The van der Waals surface area contributed by atoms with Crippen LogP contribution in [0.1, 0.15) is 18.9 Å². The second-order valence-corrected chi connectivity index (χ2v) is 5.10. The molecule has 1 aliphatic heterocycles. The normalized spacial score (nSPS) is 18.6. The van der Waals surface area contributed by atoms with E-state index in [1.165, 1.54) is 0 Å². The number of benzene rings is 1. The number of piperazine rings is 1. The predicted molar refractivity (Wildman–Crippen MR) is 81.5 cm³/mol. The van der Waals surface area contributed by atoms with E-state index in [2.05, 4.69) is 5.32 Å². The minimum absolute atomic E-state index is 0.0643. The lowest BCUT2D eigenvalue weighted by molar-refractivity contribution is -0.148. The number of rotatable bonds is 6. The zero-order valence-corrected chi connectivity index (χ0v) is 13.0. The Hall–Kier alpha value is -2.08. The van der Waals surface area contributed by atoms with E-state index < -0.39 is 6.04 Å². The van der Waals surface area contributed by atoms with Crippen LogP contribution in [0.25, 0.3) is 0 Å². The Bertz CT molecular complexity index is 533. The van der Waals surface area contributed by atoms with E-state index >= 15 is 0 Å². The van der Waals surface area contributed by atoms with Gasteiger partial charge in [0, 0.05) is 25.2 Å². The van der Waals surface area contributed by atoms with Crippen molar-refractivity contribution in [2.24, 2.45) is 0 Å². The molecular weight excluding hydrogens is 284 g/mol. The summed E-state index contributed by atoms with van der Waals surface area (Å²) in [6.07, 6.45) is 0.0643. The summed E-state index contributed by atoms with van der Waals surface area (Å²) < 4.78 is 10.3. The molecule has 1 heterocycles. The van der Waals surface area contributed by atoms with Gasteiger partial charge in [-0.1, -0.05) is 18.2 Å². The number of para-hydroxylation sites is 1. The summed E-state index contributed by atoms with van der Waals surface area (Å²) in [6, 6.07) is 7.19. The first-order chi connectivity index (χ1) is 10.7. The highest BCUT2D eigenvalue weighted by Gasteiger charge is 2.32. The Morgan fingerprint density at radius 3 is 2.91 bits per heavy atom. The molecule has 0 aliphatic carbocycles. The molecule has 6 heteroatoms. The molecule has 1 aromatic carbocycles. The summed E-state index contributed by atoms with van der Waals surface area (Å²) in [5.74, 6) is 0.298. The van der Waals surface area contributed by atoms with Crippen LogP contribution in [0, 0.1) is 0 Å². The van der Waals surface area contributed by atoms with Gasteiger partial charge in [0.1, 0.15) is 11.8 Å². The first kappa shape index (κ1) is 16.3. The Morgan fingerprint density at radius 1 is 1.41 bits per heavy atom. The zero-order chi connectivity index (χ0) is 15.9. The molecule has 22 heavy (non-hydrogen) atoms. The summed E-state index contributed by atoms with van der Waals surface area (Å²) >= 11 is 0. The van der Waals surface area contributed by atoms with Gasteiger partial charge in [0.15, 0.2) is 0 Å². The van der Waals surface area contributed by atoms with Gasteiger partial charge in [-0.2, -0.15) is 0 Å². The number of amides is 1. The Kier molecular flexibility index (Phi) is 5.77. The highest BCUT2D eigenvalue weighted by atomic mass is 16.5. The lowest BCUT2D eigenvalue weighted by Gasteiger charge is -2.34. The van der Waals surface area contributed by atoms with Gasteiger partial charge in [-0.3, -0.25) is 14.5 Å². The number of ether oxygens (including phenoxy) is 2. The van der Waals surface area contributed by atoms with Crippen LogP contribution in [-0.2, 0) is 20.9 Å². The molecule has 1 aliphatic rings. The third kappa shape index (κ3) is 3.98. The molecule has 2 rings (SSSR count). The van der Waals surface area contributed by atoms with Crippen molar-refractivity contribution in [1.82, 2.24) is 10.2 Å². The largest absolute Gasteiger partial charge is 0.496 e. The molecule has 1 aromatic rings. The average molecular weight is 306 g/mol. The van der Waals surface area contributed by atoms with E-state index in [0.29, 0.717) is 26.2 Å². The van der Waals surface area contributed by atoms with Gasteiger partial charge in [0.05, 0.1) is 20.1 Å². The van der Waals surface area contributed by atoms with Crippen LogP contribution in [0.5, 0.6) is 5.75 Å². The number of hydrogen-bond acceptors (Lipinski definition) is 5. The Labute approximate surface area is 130 Å². The number of hydrogen-bond donors (Lipinski definition) is 1. The summed E-state index contributed by atoms with van der Waals surface area (Å²) in [5.41, 5.74) is 0.994. The summed E-state index contributed by atoms with van der Waals surface area (Å²) in [4.78, 5) is 25.8. The fourth-order valence-corrected chi connectivity index (χ4v) is 2.60. The van der Waals surface area contributed by atoms with Crippen molar-refractivity contribution in [3.8, 4) is 5.75 Å². The topological polar surface area (TPSA) is 67.9 Å². The second kappa shape index (κ2) is 7.79. The van der Waals surface area contributed by atoms with Gasteiger partial charge < -0.3 is 14.8 Å². The van der Waals surface area contributed by atoms with Gasteiger partial charge in [-0.05, 0) is 13.0 Å². The molecule has 120 valence electrons. The molecule has 0 radical (unpaired) electrons. The van der Waals surface area contributed by atoms with Crippen LogP contribution >= 0.6 is 0 Å². The van der Waals surface area contributed by atoms with Crippen molar-refractivity contribution in [1.29, 1.82) is 0 Å². The fourth-order valence-electron chi connectivity index (χ4n) is 2.60. The molecule has 1 atom stereocenters. The second-order valence-electron chi connectivity index (χ2n) is 5.10. The SMILES string of the molecule is CCOC(=O)CC1C(=O)NCCN1Cc1ccccc1OC. The molecule has 1 amide bonds. The highest BCUT2D eigenvalue weighted by molar-refractivity contribution is 5.87. The minimum atomic E-state index is -0.502. The van der Waals surface area contributed by atoms with Gasteiger partial charge in [-0.15, -0.1) is 0 Å². The van der Waals surface area contributed by atoms with E-state index in [9.17, 15) is 9.59 Å². The number of esters is 1. The number of nitrogens with zero attached hydrogens (tertiary/aromatic N) is 1. The van der Waals surface area contributed by atoms with Crippen molar-refractivity contribution in [2.75, 3.05) is 26.8 Å². The van der Waals surface area contributed by atoms with Gasteiger partial charge in [0.25, 0.3) is 0 Å². The minimum Gasteiger partial charge on any atom is -0.496 e. The number of carbonyl (C=O) groups excluding carboxylic acids is 2. The highest BCUT2D eigenvalue weighted by Crippen LogP contribution is 2.22. The fraction of sp³-hybridized carbons (Fsp3) is 0.500. The standard InChI is InChI=1S/C16H22N2O4/c1-3-22-15(19)10-13-16(20)17-8-9-18(13)11-12-6-4-5-7-14(12)21-2/h4-7,13H,3,8-11H2,1-2H3,(H,17,20). The lowest BCUT2D eigenvalue weighted by atomic mass is 10.1. The van der Waals surface area contributed by atoms with Gasteiger partial charge in [-0.25, -0.2) is 0 Å². The summed E-state index contributed by atoms with van der Waals surface area (Å²) in [7, 11) is 1.62. The first-order valence-electron chi connectivity index (χ1n) is 7.45. The maximum absolute atomic E-state index is 12.1. The van der Waals surface area contributed by atoms with E-state index in [1.54, 1.807) is 14.0 Å². The van der Waals surface area contributed by atoms with Crippen LogP contribution in [-0.4, -0.2) is 49.6 Å². The first-order valence-corrected chi connectivity index (χ1v) is 7.45. The van der Waals surface area contributed by atoms with Crippen LogP contribution in [0.15, 0.2) is 24.3 Å². The maximum atomic E-state index is 12.1. The number of nitrogens with one attached hydrogen (secondary N) is 1. The molecule has 0 spiro atoms. The van der Waals surface area contributed by atoms with E-state index in [-0.39, 0.29) is 18.3 Å². The third-order valence-electron chi connectivity index (χ3n) is 3.67. The molecular formula is C16H22N2O4. The molecule has 1 saturated heterocycles. The van der Waals surface area contributed by atoms with E-state index in [0.717, 1.165) is 11.3 Å². The predicted octanol–water partition coefficient (Wildman–Crippen LogP) is 0.949. The van der Waals surface area contributed by atoms with Crippen molar-refractivity contribution >= 4 is 11.9 Å². The van der Waals surface area contributed by atoms with Gasteiger partial charge >= 0.3 is 5.97 Å². The molecule has 0 saturated carbocycles. The van der Waals surface area contributed by atoms with Crippen LogP contribution in [0.3, 0.4) is 0 Å². The quantitative estimate of drug-likeness (QED) is 0.793. The molecule has 0 aromatic heterocycles. The number of carbonyl (C=O) groups is 2. The smallest absolute Gasteiger partial charge is 0.307 e.